The molecule has 0 aliphatic carbocycles. The summed E-state index contributed by atoms with van der Waals surface area (Å²) in [5, 5.41) is 2.23. The zero-order valence-corrected chi connectivity index (χ0v) is 16.4. The molecule has 144 valence electrons. The van der Waals surface area contributed by atoms with Gasteiger partial charge in [0.2, 0.25) is 10.0 Å². The molecule has 0 unspecified atom stereocenters. The number of pyridine rings is 1. The highest BCUT2D eigenvalue weighted by Gasteiger charge is 2.27. The van der Waals surface area contributed by atoms with Gasteiger partial charge in [0.05, 0.1) is 16.8 Å². The maximum Gasteiger partial charge on any atom is 0.278 e. The maximum absolute atomic E-state index is 12.5. The van der Waals surface area contributed by atoms with Gasteiger partial charge in [0.25, 0.3) is 15.0 Å². The highest BCUT2D eigenvalue weighted by molar-refractivity contribution is 8.13. The van der Waals surface area contributed by atoms with Gasteiger partial charge in [0.15, 0.2) is 5.03 Å². The summed E-state index contributed by atoms with van der Waals surface area (Å²) in [5.41, 5.74) is 0.530. The Bertz CT molecular complexity index is 1050. The monoisotopic (exact) mass is 429 g/mol. The predicted molar refractivity (Wildman–Crippen MR) is 99.7 cm³/mol. The van der Waals surface area contributed by atoms with Crippen molar-refractivity contribution in [1.29, 1.82) is 0 Å². The van der Waals surface area contributed by atoms with Crippen molar-refractivity contribution in [3.63, 3.8) is 0 Å². The molecule has 1 saturated heterocycles. The van der Waals surface area contributed by atoms with E-state index in [9.17, 15) is 21.6 Å². The Labute approximate surface area is 161 Å². The van der Waals surface area contributed by atoms with E-state index >= 15 is 0 Å². The van der Waals surface area contributed by atoms with E-state index in [2.05, 4.69) is 10.3 Å². The van der Waals surface area contributed by atoms with Crippen molar-refractivity contribution in [3.8, 4) is 0 Å². The molecule has 1 aromatic heterocycles. The summed E-state index contributed by atoms with van der Waals surface area (Å²) in [6.07, 6.45) is 2.86. The predicted octanol–water partition coefficient (Wildman–Crippen LogP) is 2.05. The van der Waals surface area contributed by atoms with Gasteiger partial charge in [-0.3, -0.25) is 4.79 Å². The van der Waals surface area contributed by atoms with Gasteiger partial charge in [-0.25, -0.2) is 21.8 Å². The first kappa shape index (κ1) is 19.7. The number of hydrogen-bond donors (Lipinski definition) is 1. The third kappa shape index (κ3) is 4.46. The van der Waals surface area contributed by atoms with Crippen molar-refractivity contribution in [2.75, 3.05) is 18.4 Å². The summed E-state index contributed by atoms with van der Waals surface area (Å²) in [6, 6.07) is 8.15. The fraction of sp³-hybridized carbons (Fsp3) is 0.250. The molecule has 27 heavy (non-hydrogen) atoms. The molecule has 1 aliphatic heterocycles. The zero-order chi connectivity index (χ0) is 19.7. The molecule has 8 nitrogen and oxygen atoms in total. The fourth-order valence-corrected chi connectivity index (χ4v) is 4.86. The van der Waals surface area contributed by atoms with Gasteiger partial charge in [0.1, 0.15) is 0 Å². The van der Waals surface area contributed by atoms with E-state index in [1.54, 1.807) is 0 Å². The van der Waals surface area contributed by atoms with Crippen LogP contribution >= 0.6 is 10.7 Å². The Kier molecular flexibility index (Phi) is 5.52. The molecule has 1 fully saturated rings. The van der Waals surface area contributed by atoms with Crippen molar-refractivity contribution >= 4 is 41.4 Å². The average Bonchev–Trinajstić information content (AvgIpc) is 3.17. The molecule has 0 bridgehead atoms. The van der Waals surface area contributed by atoms with Crippen LogP contribution < -0.4 is 5.32 Å². The van der Waals surface area contributed by atoms with Gasteiger partial charge < -0.3 is 5.32 Å². The van der Waals surface area contributed by atoms with Gasteiger partial charge in [-0.15, -0.1) is 0 Å². The zero-order valence-electron chi connectivity index (χ0n) is 14.0. The molecule has 1 aromatic carbocycles. The van der Waals surface area contributed by atoms with Crippen LogP contribution in [0.3, 0.4) is 0 Å². The molecular formula is C16H16ClN3O5S2. The van der Waals surface area contributed by atoms with Gasteiger partial charge in [0, 0.05) is 29.3 Å². The minimum absolute atomic E-state index is 0.138. The Hall–Kier alpha value is -2.01. The lowest BCUT2D eigenvalue weighted by atomic mass is 10.2. The van der Waals surface area contributed by atoms with Crippen molar-refractivity contribution in [3.05, 3.63) is 48.2 Å². The number of rotatable bonds is 5. The van der Waals surface area contributed by atoms with E-state index in [0.29, 0.717) is 13.1 Å². The minimum Gasteiger partial charge on any atom is -0.321 e. The number of carbonyl (C=O) groups is 1. The van der Waals surface area contributed by atoms with E-state index in [-0.39, 0.29) is 21.2 Å². The number of sulfonamides is 1. The molecule has 2 aromatic rings. The first-order valence-electron chi connectivity index (χ1n) is 8.00. The van der Waals surface area contributed by atoms with E-state index < -0.39 is 25.0 Å². The fourth-order valence-electron chi connectivity index (χ4n) is 2.66. The molecule has 0 spiro atoms. The normalized spacial score (nSPS) is 15.6. The van der Waals surface area contributed by atoms with Gasteiger partial charge in [-0.2, -0.15) is 4.31 Å². The van der Waals surface area contributed by atoms with Crippen molar-refractivity contribution in [1.82, 2.24) is 9.29 Å². The number of nitrogens with zero attached hydrogens (tertiary/aromatic N) is 2. The summed E-state index contributed by atoms with van der Waals surface area (Å²) in [5.74, 6) is -0.483. The molecule has 0 saturated carbocycles. The van der Waals surface area contributed by atoms with Crippen LogP contribution in [0.4, 0.5) is 5.69 Å². The largest absolute Gasteiger partial charge is 0.321 e. The van der Waals surface area contributed by atoms with Gasteiger partial charge >= 0.3 is 0 Å². The number of halogens is 1. The standard InChI is InChI=1S/C16H16ClN3O5S2/c17-26(22,23)15-8-5-13(11-18-15)19-16(21)12-3-6-14(7-4-12)27(24,25)20-9-1-2-10-20/h3-8,11H,1-2,9-10H2,(H,19,21). The molecular weight excluding hydrogens is 414 g/mol. The molecule has 0 radical (unpaired) electrons. The number of amides is 1. The van der Waals surface area contributed by atoms with E-state index in [1.807, 2.05) is 0 Å². The summed E-state index contributed by atoms with van der Waals surface area (Å²) in [4.78, 5) is 16.1. The highest BCUT2D eigenvalue weighted by atomic mass is 35.7. The van der Waals surface area contributed by atoms with Crippen LogP contribution in [0.2, 0.25) is 0 Å². The highest BCUT2D eigenvalue weighted by Crippen LogP contribution is 2.21. The lowest BCUT2D eigenvalue weighted by molar-refractivity contribution is 0.102. The Balaban J connectivity index is 1.72. The number of hydrogen-bond acceptors (Lipinski definition) is 6. The SMILES string of the molecule is O=C(Nc1ccc(S(=O)(=O)Cl)nc1)c1ccc(S(=O)(=O)N2CCCC2)cc1. The topological polar surface area (TPSA) is 114 Å². The van der Waals surface area contributed by atoms with Crippen molar-refractivity contribution < 1.29 is 21.6 Å². The van der Waals surface area contributed by atoms with Crippen molar-refractivity contribution in [2.45, 2.75) is 22.8 Å². The number of benzene rings is 1. The maximum atomic E-state index is 12.5. The minimum atomic E-state index is -3.94. The summed E-state index contributed by atoms with van der Waals surface area (Å²) in [7, 11) is -2.29. The third-order valence-electron chi connectivity index (χ3n) is 4.06. The average molecular weight is 430 g/mol. The summed E-state index contributed by atoms with van der Waals surface area (Å²) in [6.45, 7) is 1.01. The van der Waals surface area contributed by atoms with E-state index in [1.165, 1.54) is 46.9 Å². The number of aromatic nitrogens is 1. The molecule has 3 rings (SSSR count). The van der Waals surface area contributed by atoms with E-state index in [0.717, 1.165) is 12.8 Å². The lowest BCUT2D eigenvalue weighted by Crippen LogP contribution is -2.27. The number of carbonyl (C=O) groups excluding carboxylic acids is 1. The Morgan fingerprint density at radius 3 is 2.15 bits per heavy atom. The molecule has 1 N–H and O–H groups in total. The van der Waals surface area contributed by atoms with Gasteiger partial charge in [-0.1, -0.05) is 0 Å². The summed E-state index contributed by atoms with van der Waals surface area (Å²) >= 11 is 0. The van der Waals surface area contributed by atoms with Crippen LogP contribution in [0, 0.1) is 0 Å². The van der Waals surface area contributed by atoms with Crippen LogP contribution in [0.15, 0.2) is 52.5 Å². The van der Waals surface area contributed by atoms with Crippen LogP contribution in [-0.2, 0) is 19.1 Å². The van der Waals surface area contributed by atoms with Crippen LogP contribution in [0.1, 0.15) is 23.2 Å². The quantitative estimate of drug-likeness (QED) is 0.727. The third-order valence-corrected chi connectivity index (χ3v) is 7.19. The molecule has 11 heteroatoms. The number of nitrogens with one attached hydrogen (secondary N) is 1. The first-order valence-corrected chi connectivity index (χ1v) is 11.8. The molecule has 2 heterocycles. The lowest BCUT2D eigenvalue weighted by Gasteiger charge is -2.15. The Morgan fingerprint density at radius 2 is 1.63 bits per heavy atom. The van der Waals surface area contributed by atoms with Crippen LogP contribution in [0.5, 0.6) is 0 Å². The smallest absolute Gasteiger partial charge is 0.278 e. The second kappa shape index (κ2) is 7.55. The Morgan fingerprint density at radius 1 is 1.00 bits per heavy atom. The first-order chi connectivity index (χ1) is 12.7. The molecule has 1 amide bonds. The molecule has 0 atom stereocenters. The summed E-state index contributed by atoms with van der Waals surface area (Å²) < 4.78 is 48.7. The van der Waals surface area contributed by atoms with E-state index in [4.69, 9.17) is 10.7 Å². The second-order valence-corrected chi connectivity index (χ2v) is 10.4. The van der Waals surface area contributed by atoms with Crippen molar-refractivity contribution in [2.24, 2.45) is 0 Å². The molecule has 1 aliphatic rings. The van der Waals surface area contributed by atoms with Crippen LogP contribution in [0.25, 0.3) is 0 Å². The van der Waals surface area contributed by atoms with Gasteiger partial charge in [-0.05, 0) is 49.2 Å². The van der Waals surface area contributed by atoms with Crippen LogP contribution in [-0.4, -0.2) is 45.1 Å². The number of anilines is 1. The second-order valence-electron chi connectivity index (χ2n) is 5.91.